The summed E-state index contributed by atoms with van der Waals surface area (Å²) >= 11 is 0. The first-order valence-corrected chi connectivity index (χ1v) is 2.80. The van der Waals surface area contributed by atoms with Crippen LogP contribution in [-0.2, 0) is 0 Å². The maximum atomic E-state index is 9.72. The number of hydrogen-bond acceptors (Lipinski definition) is 3. The van der Waals surface area contributed by atoms with Gasteiger partial charge in [0.05, 0.1) is 0 Å². The molecule has 0 aliphatic heterocycles. The summed E-state index contributed by atoms with van der Waals surface area (Å²) in [5.74, 6) is 0.0434. The van der Waals surface area contributed by atoms with Crippen LogP contribution in [0.15, 0.2) is 24.0 Å². The van der Waals surface area contributed by atoms with E-state index in [4.69, 9.17) is 5.11 Å². The van der Waals surface area contributed by atoms with Crippen LogP contribution in [-0.4, -0.2) is 16.6 Å². The maximum Gasteiger partial charge on any atom is 0.222 e. The van der Waals surface area contributed by atoms with E-state index in [0.717, 1.165) is 0 Å². The predicted octanol–water partition coefficient (Wildman–Crippen LogP) is 1.28. The molecule has 1 N–H and O–H groups in total. The fourth-order valence-electron chi connectivity index (χ4n) is 0.356. The minimum absolute atomic E-state index is 0.0434. The lowest BCUT2D eigenvalue weighted by Crippen LogP contribution is -1.95. The smallest absolute Gasteiger partial charge is 0.222 e. The van der Waals surface area contributed by atoms with Crippen LogP contribution >= 0.6 is 0 Å². The van der Waals surface area contributed by atoms with Crippen LogP contribution < -0.4 is 0 Å². The van der Waals surface area contributed by atoms with E-state index in [1.165, 1.54) is 18.2 Å². The summed E-state index contributed by atoms with van der Waals surface area (Å²) in [7, 11) is 0. The maximum absolute atomic E-state index is 9.72. The Kier molecular flexibility index (Phi) is 3.95. The summed E-state index contributed by atoms with van der Waals surface area (Å²) in [6.07, 6.45) is 4.04. The Labute approximate surface area is 58.6 Å². The number of nitro groups is 1. The van der Waals surface area contributed by atoms with Crippen molar-refractivity contribution in [2.24, 2.45) is 0 Å². The quantitative estimate of drug-likeness (QED) is 0.280. The molecule has 0 heterocycles. The third-order valence-corrected chi connectivity index (χ3v) is 0.839. The van der Waals surface area contributed by atoms with Gasteiger partial charge in [-0.2, -0.15) is 0 Å². The van der Waals surface area contributed by atoms with Crippen LogP contribution in [0, 0.1) is 10.1 Å². The van der Waals surface area contributed by atoms with Crippen molar-refractivity contribution in [3.8, 4) is 0 Å². The third kappa shape index (κ3) is 4.83. The first kappa shape index (κ1) is 8.68. The van der Waals surface area contributed by atoms with Crippen LogP contribution in [0.1, 0.15) is 6.92 Å². The van der Waals surface area contributed by atoms with Crippen molar-refractivity contribution >= 4 is 0 Å². The standard InChI is InChI=1S/C6H9NO3/c1-2-6(8)4-3-5-7(9)10/h2-4,8H,5H2,1H3/b4-3-,6-2+. The molecule has 0 amide bonds. The Hall–Kier alpha value is -1.32. The molecule has 0 aromatic heterocycles. The molecule has 0 aromatic rings. The number of rotatable bonds is 3. The van der Waals surface area contributed by atoms with Gasteiger partial charge in [0, 0.05) is 4.92 Å². The number of hydrogen-bond donors (Lipinski definition) is 1. The van der Waals surface area contributed by atoms with Crippen molar-refractivity contribution in [3.05, 3.63) is 34.1 Å². The second kappa shape index (κ2) is 4.55. The molecule has 0 aliphatic carbocycles. The van der Waals surface area contributed by atoms with Gasteiger partial charge >= 0.3 is 0 Å². The summed E-state index contributed by atoms with van der Waals surface area (Å²) < 4.78 is 0. The van der Waals surface area contributed by atoms with Gasteiger partial charge < -0.3 is 5.11 Å². The SMILES string of the molecule is C/C=C(O)\C=C/C[N+](=O)[O-]. The average molecular weight is 143 g/mol. The number of allylic oxidation sites excluding steroid dienone is 2. The van der Waals surface area contributed by atoms with Gasteiger partial charge in [0.2, 0.25) is 6.54 Å². The Morgan fingerprint density at radius 3 is 2.80 bits per heavy atom. The van der Waals surface area contributed by atoms with Gasteiger partial charge in [-0.05, 0) is 25.2 Å². The van der Waals surface area contributed by atoms with E-state index < -0.39 is 4.92 Å². The van der Waals surface area contributed by atoms with Crippen molar-refractivity contribution in [3.63, 3.8) is 0 Å². The first-order valence-electron chi connectivity index (χ1n) is 2.80. The Morgan fingerprint density at radius 1 is 1.80 bits per heavy atom. The Bertz CT molecular complexity index is 172. The van der Waals surface area contributed by atoms with Crippen molar-refractivity contribution in [2.45, 2.75) is 6.92 Å². The van der Waals surface area contributed by atoms with Crippen LogP contribution in [0.3, 0.4) is 0 Å². The van der Waals surface area contributed by atoms with Crippen molar-refractivity contribution < 1.29 is 10.0 Å². The van der Waals surface area contributed by atoms with E-state index in [0.29, 0.717) is 0 Å². The molecule has 0 bridgehead atoms. The average Bonchev–Trinajstić information content (AvgIpc) is 1.87. The fourth-order valence-corrected chi connectivity index (χ4v) is 0.356. The molecule has 4 nitrogen and oxygen atoms in total. The molecule has 4 heteroatoms. The summed E-state index contributed by atoms with van der Waals surface area (Å²) in [6, 6.07) is 0. The van der Waals surface area contributed by atoms with E-state index in [1.807, 2.05) is 0 Å². The summed E-state index contributed by atoms with van der Waals surface area (Å²) in [5, 5.41) is 18.4. The van der Waals surface area contributed by atoms with Gasteiger partial charge in [-0.3, -0.25) is 10.1 Å². The third-order valence-electron chi connectivity index (χ3n) is 0.839. The molecule has 0 saturated carbocycles. The normalized spacial score (nSPS) is 12.3. The minimum Gasteiger partial charge on any atom is -0.508 e. The highest BCUT2D eigenvalue weighted by molar-refractivity contribution is 5.08. The summed E-state index contributed by atoms with van der Waals surface area (Å²) in [5.41, 5.74) is 0. The van der Waals surface area contributed by atoms with Crippen molar-refractivity contribution in [2.75, 3.05) is 6.54 Å². The van der Waals surface area contributed by atoms with Crippen LogP contribution in [0.25, 0.3) is 0 Å². The second-order valence-electron chi connectivity index (χ2n) is 1.63. The first-order chi connectivity index (χ1) is 4.66. The zero-order chi connectivity index (χ0) is 7.98. The van der Waals surface area contributed by atoms with Crippen LogP contribution in [0.2, 0.25) is 0 Å². The molecular weight excluding hydrogens is 134 g/mol. The van der Waals surface area contributed by atoms with E-state index in [-0.39, 0.29) is 12.3 Å². The molecule has 0 saturated heterocycles. The van der Waals surface area contributed by atoms with Gasteiger partial charge in [-0.1, -0.05) is 0 Å². The number of aliphatic hydroxyl groups excluding tert-OH is 1. The lowest BCUT2D eigenvalue weighted by atomic mass is 10.4. The molecule has 0 aromatic carbocycles. The molecule has 56 valence electrons. The predicted molar refractivity (Wildman–Crippen MR) is 37.4 cm³/mol. The molecular formula is C6H9NO3. The Morgan fingerprint density at radius 2 is 2.40 bits per heavy atom. The molecule has 0 atom stereocenters. The Balaban J connectivity index is 3.67. The molecule has 0 radical (unpaired) electrons. The van der Waals surface area contributed by atoms with Gasteiger partial charge in [-0.15, -0.1) is 0 Å². The van der Waals surface area contributed by atoms with Crippen LogP contribution in [0.4, 0.5) is 0 Å². The minimum atomic E-state index is -0.473. The van der Waals surface area contributed by atoms with Crippen molar-refractivity contribution in [1.82, 2.24) is 0 Å². The fraction of sp³-hybridized carbons (Fsp3) is 0.333. The largest absolute Gasteiger partial charge is 0.508 e. The zero-order valence-corrected chi connectivity index (χ0v) is 5.65. The van der Waals surface area contributed by atoms with Gasteiger partial charge in [-0.25, -0.2) is 0 Å². The van der Waals surface area contributed by atoms with E-state index >= 15 is 0 Å². The topological polar surface area (TPSA) is 63.4 Å². The molecule has 0 unspecified atom stereocenters. The van der Waals surface area contributed by atoms with E-state index in [1.54, 1.807) is 6.92 Å². The highest BCUT2D eigenvalue weighted by Crippen LogP contribution is 1.88. The van der Waals surface area contributed by atoms with Gasteiger partial charge in [0.1, 0.15) is 5.76 Å². The lowest BCUT2D eigenvalue weighted by Gasteiger charge is -1.85. The highest BCUT2D eigenvalue weighted by atomic mass is 16.6. The number of aliphatic hydroxyl groups is 1. The summed E-state index contributed by atoms with van der Waals surface area (Å²) in [6.45, 7) is 1.39. The molecule has 0 fully saturated rings. The monoisotopic (exact) mass is 143 g/mol. The highest BCUT2D eigenvalue weighted by Gasteiger charge is 1.87. The second-order valence-corrected chi connectivity index (χ2v) is 1.63. The van der Waals surface area contributed by atoms with E-state index in [9.17, 15) is 10.1 Å². The van der Waals surface area contributed by atoms with Crippen LogP contribution in [0.5, 0.6) is 0 Å². The molecule has 0 rings (SSSR count). The molecule has 0 aliphatic rings. The molecule has 10 heavy (non-hydrogen) atoms. The lowest BCUT2D eigenvalue weighted by molar-refractivity contribution is -0.468. The summed E-state index contributed by atoms with van der Waals surface area (Å²) in [4.78, 5) is 9.25. The zero-order valence-electron chi connectivity index (χ0n) is 5.65. The number of nitrogens with zero attached hydrogens (tertiary/aromatic N) is 1. The van der Waals surface area contributed by atoms with Gasteiger partial charge in [0.25, 0.3) is 0 Å². The van der Waals surface area contributed by atoms with Gasteiger partial charge in [0.15, 0.2) is 0 Å². The van der Waals surface area contributed by atoms with E-state index in [2.05, 4.69) is 0 Å². The molecule has 0 spiro atoms. The van der Waals surface area contributed by atoms with Crippen molar-refractivity contribution in [1.29, 1.82) is 0 Å².